The first-order valence-corrected chi connectivity index (χ1v) is 9.66. The van der Waals surface area contributed by atoms with Crippen LogP contribution < -0.4 is 0 Å². The minimum Gasteiger partial charge on any atom is -0.392 e. The molecule has 0 bridgehead atoms. The lowest BCUT2D eigenvalue weighted by atomic mass is 10.0. The zero-order valence-electron chi connectivity index (χ0n) is 13.8. The number of rotatable bonds is 13. The van der Waals surface area contributed by atoms with E-state index in [1.807, 2.05) is 19.0 Å². The lowest BCUT2D eigenvalue weighted by Crippen LogP contribution is -2.34. The molecule has 0 saturated heterocycles. The van der Waals surface area contributed by atoms with Crippen molar-refractivity contribution in [3.05, 3.63) is 0 Å². The molecular weight excluding hydrogens is 290 g/mol. The predicted octanol–water partition coefficient (Wildman–Crippen LogP) is 2.70. The zero-order chi connectivity index (χ0) is 16.3. The van der Waals surface area contributed by atoms with E-state index in [0.717, 1.165) is 12.8 Å². The third-order valence-electron chi connectivity index (χ3n) is 3.82. The van der Waals surface area contributed by atoms with Crippen molar-refractivity contribution in [3.8, 4) is 0 Å². The lowest BCUT2D eigenvalue weighted by molar-refractivity contribution is 0.133. The average Bonchev–Trinajstić information content (AvgIpc) is 2.33. The van der Waals surface area contributed by atoms with Crippen molar-refractivity contribution < 1.29 is 18.1 Å². The highest BCUT2D eigenvalue weighted by Gasteiger charge is 2.20. The monoisotopic (exact) mass is 323 g/mol. The Bertz CT molecular complexity index is 344. The molecule has 0 aliphatic carbocycles. The number of aliphatic hydroxyl groups is 1. The Balaban J connectivity index is 3.92. The lowest BCUT2D eigenvalue weighted by Gasteiger charge is -2.26. The molecule has 0 aliphatic heterocycles. The van der Waals surface area contributed by atoms with Crippen LogP contribution in [0.5, 0.6) is 0 Å². The molecule has 0 fully saturated rings. The quantitative estimate of drug-likeness (QED) is 0.402. The normalized spacial score (nSPS) is 15.3. The van der Waals surface area contributed by atoms with Gasteiger partial charge in [-0.2, -0.15) is 8.42 Å². The largest absolute Gasteiger partial charge is 0.392 e. The fourth-order valence-corrected chi connectivity index (χ4v) is 3.17. The Morgan fingerprint density at radius 3 is 2.00 bits per heavy atom. The van der Waals surface area contributed by atoms with E-state index in [1.54, 1.807) is 0 Å². The van der Waals surface area contributed by atoms with Crippen LogP contribution in [0.2, 0.25) is 0 Å². The molecule has 0 aromatic rings. The minimum absolute atomic E-state index is 0.150. The Kier molecular flexibility index (Phi) is 11.3. The van der Waals surface area contributed by atoms with Crippen LogP contribution in [0, 0.1) is 0 Å². The summed E-state index contributed by atoms with van der Waals surface area (Å²) in [6.07, 6.45) is 9.00. The molecule has 0 amide bonds. The highest BCUT2D eigenvalue weighted by molar-refractivity contribution is 7.85. The molecule has 6 heteroatoms. The van der Waals surface area contributed by atoms with E-state index in [9.17, 15) is 13.5 Å². The van der Waals surface area contributed by atoms with E-state index in [2.05, 4.69) is 6.92 Å². The van der Waals surface area contributed by atoms with Gasteiger partial charge in [0.05, 0.1) is 6.10 Å². The van der Waals surface area contributed by atoms with Crippen LogP contribution in [-0.2, 0) is 10.1 Å². The van der Waals surface area contributed by atoms with Gasteiger partial charge in [-0.3, -0.25) is 4.55 Å². The van der Waals surface area contributed by atoms with Gasteiger partial charge in [-0.05, 0) is 26.9 Å². The molecule has 2 N–H and O–H groups in total. The van der Waals surface area contributed by atoms with Crippen LogP contribution in [0.15, 0.2) is 0 Å². The van der Waals surface area contributed by atoms with E-state index in [0.29, 0.717) is 6.42 Å². The van der Waals surface area contributed by atoms with Gasteiger partial charge >= 0.3 is 0 Å². The molecule has 2 unspecified atom stereocenters. The van der Waals surface area contributed by atoms with Crippen LogP contribution in [-0.4, -0.2) is 55.0 Å². The summed E-state index contributed by atoms with van der Waals surface area (Å²) in [5.41, 5.74) is 0. The average molecular weight is 323 g/mol. The van der Waals surface area contributed by atoms with Crippen molar-refractivity contribution in [3.63, 3.8) is 0 Å². The molecule has 2 atom stereocenters. The summed E-state index contributed by atoms with van der Waals surface area (Å²) in [6, 6.07) is 0.150. The first-order chi connectivity index (χ1) is 9.76. The van der Waals surface area contributed by atoms with Gasteiger partial charge in [0.15, 0.2) is 0 Å². The maximum Gasteiger partial charge on any atom is 0.267 e. The predicted molar refractivity (Wildman–Crippen MR) is 87.1 cm³/mol. The Morgan fingerprint density at radius 1 is 1.00 bits per heavy atom. The maximum atomic E-state index is 10.8. The van der Waals surface area contributed by atoms with E-state index in [-0.39, 0.29) is 6.04 Å². The van der Waals surface area contributed by atoms with Crippen molar-refractivity contribution in [2.45, 2.75) is 76.9 Å². The molecule has 128 valence electrons. The zero-order valence-corrected chi connectivity index (χ0v) is 14.6. The standard InChI is InChI=1S/C15H33NO4S/c1-4-5-6-7-8-9-10-11-14(16(2)3)12-15(17)13-21(18,19)20/h14-15,17H,4-13H2,1-3H3,(H,18,19,20). The topological polar surface area (TPSA) is 77.8 Å². The van der Waals surface area contributed by atoms with Crippen molar-refractivity contribution in [1.82, 2.24) is 4.90 Å². The van der Waals surface area contributed by atoms with Crippen LogP contribution in [0.4, 0.5) is 0 Å². The first kappa shape index (κ1) is 20.8. The van der Waals surface area contributed by atoms with Gasteiger partial charge in [-0.25, -0.2) is 0 Å². The number of nitrogens with zero attached hydrogens (tertiary/aromatic N) is 1. The van der Waals surface area contributed by atoms with Crippen molar-refractivity contribution in [2.75, 3.05) is 19.8 Å². The number of aliphatic hydroxyl groups excluding tert-OH is 1. The fourth-order valence-electron chi connectivity index (χ4n) is 2.55. The number of hydrogen-bond acceptors (Lipinski definition) is 4. The summed E-state index contributed by atoms with van der Waals surface area (Å²) in [7, 11) is -0.228. The molecule has 0 spiro atoms. The molecule has 0 radical (unpaired) electrons. The number of unbranched alkanes of at least 4 members (excludes halogenated alkanes) is 6. The summed E-state index contributed by atoms with van der Waals surface area (Å²) in [5.74, 6) is -0.575. The maximum absolute atomic E-state index is 10.8. The third-order valence-corrected chi connectivity index (χ3v) is 4.62. The molecule has 21 heavy (non-hydrogen) atoms. The number of hydrogen-bond donors (Lipinski definition) is 2. The van der Waals surface area contributed by atoms with E-state index >= 15 is 0 Å². The summed E-state index contributed by atoms with van der Waals surface area (Å²) in [4.78, 5) is 2.02. The van der Waals surface area contributed by atoms with Crippen molar-refractivity contribution in [1.29, 1.82) is 0 Å². The van der Waals surface area contributed by atoms with Gasteiger partial charge in [-0.1, -0.05) is 51.9 Å². The Morgan fingerprint density at radius 2 is 1.52 bits per heavy atom. The smallest absolute Gasteiger partial charge is 0.267 e. The van der Waals surface area contributed by atoms with Crippen LogP contribution in [0.3, 0.4) is 0 Å². The molecule has 0 saturated carbocycles. The van der Waals surface area contributed by atoms with Gasteiger partial charge in [0.1, 0.15) is 5.75 Å². The summed E-state index contributed by atoms with van der Waals surface area (Å²) in [6.45, 7) is 2.21. The Hall–Kier alpha value is -0.170. The second-order valence-corrected chi connectivity index (χ2v) is 7.66. The van der Waals surface area contributed by atoms with Gasteiger partial charge in [0.2, 0.25) is 0 Å². The SMILES string of the molecule is CCCCCCCCCC(CC(O)CS(=O)(=O)O)N(C)C. The molecule has 0 aliphatic rings. The third kappa shape index (κ3) is 13.2. The fraction of sp³-hybridized carbons (Fsp3) is 1.00. The first-order valence-electron chi connectivity index (χ1n) is 8.06. The molecular formula is C15H33NO4S. The van der Waals surface area contributed by atoms with Gasteiger partial charge in [0.25, 0.3) is 10.1 Å². The van der Waals surface area contributed by atoms with E-state index in [1.165, 1.54) is 38.5 Å². The summed E-state index contributed by atoms with van der Waals surface area (Å²) < 4.78 is 30.3. The second kappa shape index (κ2) is 11.4. The van der Waals surface area contributed by atoms with E-state index in [4.69, 9.17) is 4.55 Å². The molecule has 0 aromatic heterocycles. The van der Waals surface area contributed by atoms with E-state index < -0.39 is 22.0 Å². The van der Waals surface area contributed by atoms with Gasteiger partial charge in [-0.15, -0.1) is 0 Å². The van der Waals surface area contributed by atoms with Crippen LogP contribution in [0.25, 0.3) is 0 Å². The highest BCUT2D eigenvalue weighted by Crippen LogP contribution is 2.15. The molecule has 5 nitrogen and oxygen atoms in total. The minimum atomic E-state index is -4.10. The van der Waals surface area contributed by atoms with Gasteiger partial charge < -0.3 is 10.0 Å². The van der Waals surface area contributed by atoms with Gasteiger partial charge in [0, 0.05) is 6.04 Å². The summed E-state index contributed by atoms with van der Waals surface area (Å²) >= 11 is 0. The van der Waals surface area contributed by atoms with Crippen molar-refractivity contribution >= 4 is 10.1 Å². The van der Waals surface area contributed by atoms with Crippen LogP contribution in [0.1, 0.15) is 64.7 Å². The van der Waals surface area contributed by atoms with Crippen LogP contribution >= 0.6 is 0 Å². The highest BCUT2D eigenvalue weighted by atomic mass is 32.2. The molecule has 0 heterocycles. The Labute approximate surface area is 130 Å². The molecule has 0 aromatic carbocycles. The van der Waals surface area contributed by atoms with Crippen molar-refractivity contribution in [2.24, 2.45) is 0 Å². The molecule has 0 rings (SSSR count). The summed E-state index contributed by atoms with van der Waals surface area (Å²) in [5, 5.41) is 9.74. The second-order valence-electron chi connectivity index (χ2n) is 6.17.